The van der Waals surface area contributed by atoms with E-state index in [2.05, 4.69) is 0 Å². The molecular weight excluding hydrogens is 132 g/mol. The lowest BCUT2D eigenvalue weighted by Crippen LogP contribution is -2.45. The molecule has 0 saturated carbocycles. The Labute approximate surface area is 59.5 Å². The van der Waals surface area contributed by atoms with Crippen LogP contribution in [-0.4, -0.2) is 24.7 Å². The number of amides is 1. The normalized spacial score (nSPS) is 28.3. The third-order valence-corrected chi connectivity index (χ3v) is 1.69. The van der Waals surface area contributed by atoms with E-state index in [9.17, 15) is 4.79 Å². The van der Waals surface area contributed by atoms with Crippen LogP contribution in [-0.2, 0) is 9.53 Å². The highest BCUT2D eigenvalue weighted by molar-refractivity contribution is 5.80. The summed E-state index contributed by atoms with van der Waals surface area (Å²) < 4.78 is 5.15. The third kappa shape index (κ3) is 1.46. The third-order valence-electron chi connectivity index (χ3n) is 1.69. The summed E-state index contributed by atoms with van der Waals surface area (Å²) in [5.74, 6) is -0.480. The lowest BCUT2D eigenvalue weighted by atomic mass is 10.1. The number of primary amides is 1. The Kier molecular flexibility index (Phi) is 2.24. The highest BCUT2D eigenvalue weighted by Gasteiger charge is 2.26. The number of carbonyl (C=O) groups excluding carboxylic acids is 1. The van der Waals surface area contributed by atoms with Gasteiger partial charge in [0, 0.05) is 6.61 Å². The molecule has 4 nitrogen and oxygen atoms in total. The fourth-order valence-corrected chi connectivity index (χ4v) is 1.07. The van der Waals surface area contributed by atoms with Crippen molar-refractivity contribution in [3.05, 3.63) is 0 Å². The van der Waals surface area contributed by atoms with Gasteiger partial charge in [-0.1, -0.05) is 0 Å². The Morgan fingerprint density at radius 2 is 2.40 bits per heavy atom. The van der Waals surface area contributed by atoms with E-state index < -0.39 is 11.9 Å². The average Bonchev–Trinajstić information content (AvgIpc) is 2.36. The number of hydrogen-bond donors (Lipinski definition) is 2. The van der Waals surface area contributed by atoms with Gasteiger partial charge in [-0.15, -0.1) is 0 Å². The zero-order valence-corrected chi connectivity index (χ0v) is 5.75. The highest BCUT2D eigenvalue weighted by Crippen LogP contribution is 2.13. The van der Waals surface area contributed by atoms with E-state index in [4.69, 9.17) is 16.2 Å². The minimum absolute atomic E-state index is 0.141. The summed E-state index contributed by atoms with van der Waals surface area (Å²) >= 11 is 0. The molecule has 4 N–H and O–H groups in total. The maximum Gasteiger partial charge on any atom is 0.237 e. The summed E-state index contributed by atoms with van der Waals surface area (Å²) in [6, 6.07) is -0.623. The maximum atomic E-state index is 10.5. The van der Waals surface area contributed by atoms with Crippen molar-refractivity contribution in [2.75, 3.05) is 6.61 Å². The summed E-state index contributed by atoms with van der Waals surface area (Å²) in [5, 5.41) is 0. The zero-order valence-electron chi connectivity index (χ0n) is 5.75. The van der Waals surface area contributed by atoms with Gasteiger partial charge in [-0.3, -0.25) is 4.79 Å². The fourth-order valence-electron chi connectivity index (χ4n) is 1.07. The molecule has 0 aromatic rings. The fraction of sp³-hybridized carbons (Fsp3) is 0.833. The Balaban J connectivity index is 2.39. The molecule has 1 aliphatic rings. The molecule has 2 atom stereocenters. The molecule has 0 aromatic carbocycles. The number of carbonyl (C=O) groups is 1. The lowest BCUT2D eigenvalue weighted by molar-refractivity contribution is -0.121. The maximum absolute atomic E-state index is 10.5. The smallest absolute Gasteiger partial charge is 0.237 e. The highest BCUT2D eigenvalue weighted by atomic mass is 16.5. The summed E-state index contributed by atoms with van der Waals surface area (Å²) in [7, 11) is 0. The SMILES string of the molecule is NC(=O)[C@@H](N)[C@@H]1CCCO1. The Morgan fingerprint density at radius 1 is 1.70 bits per heavy atom. The molecule has 0 radical (unpaired) electrons. The summed E-state index contributed by atoms with van der Waals surface area (Å²) in [4.78, 5) is 10.5. The first kappa shape index (κ1) is 7.50. The number of nitrogens with two attached hydrogens (primary N) is 2. The molecule has 1 saturated heterocycles. The monoisotopic (exact) mass is 144 g/mol. The van der Waals surface area contributed by atoms with Crippen molar-refractivity contribution in [3.63, 3.8) is 0 Å². The van der Waals surface area contributed by atoms with Crippen LogP contribution in [0.25, 0.3) is 0 Å². The van der Waals surface area contributed by atoms with Gasteiger partial charge in [-0.2, -0.15) is 0 Å². The molecule has 4 heteroatoms. The molecule has 58 valence electrons. The molecule has 10 heavy (non-hydrogen) atoms. The molecule has 0 aliphatic carbocycles. The van der Waals surface area contributed by atoms with Crippen LogP contribution in [0.5, 0.6) is 0 Å². The first-order chi connectivity index (χ1) is 4.72. The van der Waals surface area contributed by atoms with E-state index in [1.807, 2.05) is 0 Å². The molecule has 0 aromatic heterocycles. The van der Waals surface area contributed by atoms with Crippen LogP contribution in [0.15, 0.2) is 0 Å². The number of hydrogen-bond acceptors (Lipinski definition) is 3. The van der Waals surface area contributed by atoms with Gasteiger partial charge in [0.1, 0.15) is 6.04 Å². The van der Waals surface area contributed by atoms with Crippen LogP contribution in [0, 0.1) is 0 Å². The Hall–Kier alpha value is -0.610. The second kappa shape index (κ2) is 2.98. The molecule has 1 heterocycles. The summed E-state index contributed by atoms with van der Waals surface area (Å²) in [6.45, 7) is 0.700. The molecule has 1 aliphatic heterocycles. The minimum Gasteiger partial charge on any atom is -0.376 e. The Bertz CT molecular complexity index is 132. The van der Waals surface area contributed by atoms with E-state index in [1.165, 1.54) is 0 Å². The van der Waals surface area contributed by atoms with Gasteiger partial charge < -0.3 is 16.2 Å². The molecule has 0 unspecified atom stereocenters. The van der Waals surface area contributed by atoms with Gasteiger partial charge in [0.05, 0.1) is 6.10 Å². The Morgan fingerprint density at radius 3 is 2.80 bits per heavy atom. The van der Waals surface area contributed by atoms with E-state index >= 15 is 0 Å². The predicted molar refractivity (Wildman–Crippen MR) is 36.1 cm³/mol. The van der Waals surface area contributed by atoms with Gasteiger partial charge in [-0.05, 0) is 12.8 Å². The van der Waals surface area contributed by atoms with Gasteiger partial charge >= 0.3 is 0 Å². The zero-order chi connectivity index (χ0) is 7.56. The van der Waals surface area contributed by atoms with Crippen LogP contribution in [0.2, 0.25) is 0 Å². The van der Waals surface area contributed by atoms with Crippen LogP contribution in [0.1, 0.15) is 12.8 Å². The quantitative estimate of drug-likeness (QED) is 0.520. The van der Waals surface area contributed by atoms with Crippen molar-refractivity contribution in [3.8, 4) is 0 Å². The van der Waals surface area contributed by atoms with Crippen molar-refractivity contribution >= 4 is 5.91 Å². The van der Waals surface area contributed by atoms with Crippen molar-refractivity contribution in [2.45, 2.75) is 25.0 Å². The molecule has 1 amide bonds. The predicted octanol–water partition coefficient (Wildman–Crippen LogP) is -1.02. The summed E-state index contributed by atoms with van der Waals surface area (Å²) in [6.07, 6.45) is 1.69. The van der Waals surface area contributed by atoms with Gasteiger partial charge in [0.25, 0.3) is 0 Å². The van der Waals surface area contributed by atoms with E-state index in [0.717, 1.165) is 12.8 Å². The van der Waals surface area contributed by atoms with Crippen molar-refractivity contribution in [1.29, 1.82) is 0 Å². The number of ether oxygens (including phenoxy) is 1. The van der Waals surface area contributed by atoms with Crippen molar-refractivity contribution in [2.24, 2.45) is 11.5 Å². The van der Waals surface area contributed by atoms with E-state index in [0.29, 0.717) is 6.61 Å². The van der Waals surface area contributed by atoms with Crippen LogP contribution >= 0.6 is 0 Å². The van der Waals surface area contributed by atoms with Crippen LogP contribution in [0.3, 0.4) is 0 Å². The average molecular weight is 144 g/mol. The van der Waals surface area contributed by atoms with E-state index in [1.54, 1.807) is 0 Å². The van der Waals surface area contributed by atoms with Crippen molar-refractivity contribution in [1.82, 2.24) is 0 Å². The van der Waals surface area contributed by atoms with Crippen LogP contribution in [0.4, 0.5) is 0 Å². The molecule has 1 fully saturated rings. The van der Waals surface area contributed by atoms with Crippen LogP contribution < -0.4 is 11.5 Å². The lowest BCUT2D eigenvalue weighted by Gasteiger charge is -2.13. The van der Waals surface area contributed by atoms with Crippen molar-refractivity contribution < 1.29 is 9.53 Å². The van der Waals surface area contributed by atoms with Gasteiger partial charge in [-0.25, -0.2) is 0 Å². The molecule has 0 spiro atoms. The molecule has 1 rings (SSSR count). The van der Waals surface area contributed by atoms with Gasteiger partial charge in [0.15, 0.2) is 0 Å². The van der Waals surface area contributed by atoms with Gasteiger partial charge in [0.2, 0.25) is 5.91 Å². The molecular formula is C6H12N2O2. The topological polar surface area (TPSA) is 78.3 Å². The second-order valence-corrected chi connectivity index (χ2v) is 2.48. The first-order valence-corrected chi connectivity index (χ1v) is 3.38. The second-order valence-electron chi connectivity index (χ2n) is 2.48. The first-order valence-electron chi connectivity index (χ1n) is 3.38. The minimum atomic E-state index is -0.623. The molecule has 0 bridgehead atoms. The standard InChI is InChI=1S/C6H12N2O2/c7-5(6(8)9)4-2-1-3-10-4/h4-5H,1-3,7H2,(H2,8,9)/t4-,5-/m0/s1. The largest absolute Gasteiger partial charge is 0.376 e. The van der Waals surface area contributed by atoms with E-state index in [-0.39, 0.29) is 6.10 Å². The number of rotatable bonds is 2. The summed E-state index contributed by atoms with van der Waals surface area (Å²) in [5.41, 5.74) is 10.4.